The maximum atomic E-state index is 13.6. The highest BCUT2D eigenvalue weighted by Crippen LogP contribution is 2.36. The first-order valence-corrected chi connectivity index (χ1v) is 12.7. The number of hydrogen-bond acceptors (Lipinski definition) is 9. The second kappa shape index (κ2) is 8.70. The van der Waals surface area contributed by atoms with Crippen molar-refractivity contribution in [3.8, 4) is 5.82 Å². The number of esters is 1. The lowest BCUT2D eigenvalue weighted by Gasteiger charge is -2.46. The van der Waals surface area contributed by atoms with E-state index in [2.05, 4.69) is 20.4 Å². The molecule has 3 aromatic rings. The Morgan fingerprint density at radius 1 is 1.11 bits per heavy atom. The number of pyridine rings is 1. The van der Waals surface area contributed by atoms with E-state index in [1.54, 1.807) is 0 Å². The summed E-state index contributed by atoms with van der Waals surface area (Å²) >= 11 is 0. The summed E-state index contributed by atoms with van der Waals surface area (Å²) < 4.78 is 13.1. The number of fused-ring (bicyclic) bond motifs is 3. The lowest BCUT2D eigenvalue weighted by molar-refractivity contribution is -0.141. The number of hydrogen-bond donors (Lipinski definition) is 0. The van der Waals surface area contributed by atoms with Crippen LogP contribution in [0.1, 0.15) is 56.7 Å². The molecular formula is C26H27N7O4. The Kier molecular flexibility index (Phi) is 5.29. The molecule has 37 heavy (non-hydrogen) atoms. The number of morpholine rings is 1. The zero-order valence-electron chi connectivity index (χ0n) is 20.5. The van der Waals surface area contributed by atoms with Crippen molar-refractivity contribution in [3.63, 3.8) is 0 Å². The zero-order chi connectivity index (χ0) is 25.1. The summed E-state index contributed by atoms with van der Waals surface area (Å²) in [6.07, 6.45) is 3.01. The van der Waals surface area contributed by atoms with Gasteiger partial charge in [-0.1, -0.05) is 12.1 Å². The summed E-state index contributed by atoms with van der Waals surface area (Å²) in [7, 11) is 0. The number of carbonyl (C=O) groups is 2. The number of piperazine rings is 1. The molecule has 1 amide bonds. The van der Waals surface area contributed by atoms with E-state index in [-0.39, 0.29) is 29.9 Å². The zero-order valence-corrected chi connectivity index (χ0v) is 20.5. The van der Waals surface area contributed by atoms with E-state index in [1.807, 2.05) is 36.1 Å². The molecule has 3 aliphatic heterocycles. The standard InChI is InChI=1S/C26H27N7O4/c1-15-17(2-3-20-21(15)13-37-26(20)35)23-11-31-8-9-32(10-16(31)12-36-23)25(34)19-4-6-22-18(19)5-7-24(28-22)33-14-27-29-30-33/h2-3,5,7,14,16,19,23H,4,6,8-13H2,1H3/t16-,19?,23-/m0/s1. The summed E-state index contributed by atoms with van der Waals surface area (Å²) in [5.41, 5.74) is 5.80. The molecule has 190 valence electrons. The van der Waals surface area contributed by atoms with Gasteiger partial charge in [0.25, 0.3) is 0 Å². The quantitative estimate of drug-likeness (QED) is 0.491. The number of rotatable bonds is 3. The molecule has 7 rings (SSSR count). The summed E-state index contributed by atoms with van der Waals surface area (Å²) in [5, 5.41) is 11.3. The number of aromatic nitrogens is 5. The van der Waals surface area contributed by atoms with Crippen molar-refractivity contribution in [1.29, 1.82) is 0 Å². The number of cyclic esters (lactones) is 1. The monoisotopic (exact) mass is 501 g/mol. The van der Waals surface area contributed by atoms with Gasteiger partial charge in [-0.15, -0.1) is 5.10 Å². The van der Waals surface area contributed by atoms with Crippen LogP contribution in [0.4, 0.5) is 0 Å². The lowest BCUT2D eigenvalue weighted by atomic mass is 9.93. The van der Waals surface area contributed by atoms with Crippen molar-refractivity contribution in [2.24, 2.45) is 0 Å². The Bertz CT molecular complexity index is 1390. The minimum atomic E-state index is -0.247. The number of nitrogens with zero attached hydrogens (tertiary/aromatic N) is 7. The average Bonchev–Trinajstić information content (AvgIpc) is 3.68. The summed E-state index contributed by atoms with van der Waals surface area (Å²) in [4.78, 5) is 34.6. The van der Waals surface area contributed by atoms with Gasteiger partial charge in [0.15, 0.2) is 5.82 Å². The predicted molar refractivity (Wildman–Crippen MR) is 129 cm³/mol. The number of amides is 1. The molecular weight excluding hydrogens is 474 g/mol. The summed E-state index contributed by atoms with van der Waals surface area (Å²) in [6, 6.07) is 7.91. The largest absolute Gasteiger partial charge is 0.457 e. The second-order valence-corrected chi connectivity index (χ2v) is 10.2. The molecule has 11 heteroatoms. The van der Waals surface area contributed by atoms with Crippen molar-refractivity contribution in [1.82, 2.24) is 35.0 Å². The van der Waals surface area contributed by atoms with Gasteiger partial charge >= 0.3 is 5.97 Å². The van der Waals surface area contributed by atoms with Crippen LogP contribution < -0.4 is 0 Å². The predicted octanol–water partition coefficient (Wildman–Crippen LogP) is 1.35. The van der Waals surface area contributed by atoms with Crippen LogP contribution in [0, 0.1) is 6.92 Å². The van der Waals surface area contributed by atoms with Crippen molar-refractivity contribution < 1.29 is 19.1 Å². The molecule has 1 aromatic carbocycles. The summed E-state index contributed by atoms with van der Waals surface area (Å²) in [6.45, 7) is 5.91. The van der Waals surface area contributed by atoms with E-state index in [0.717, 1.165) is 53.9 Å². The topological polar surface area (TPSA) is 116 Å². The number of ether oxygens (including phenoxy) is 2. The minimum absolute atomic E-state index is 0.0540. The van der Waals surface area contributed by atoms with E-state index in [0.29, 0.717) is 37.7 Å². The third kappa shape index (κ3) is 3.72. The van der Waals surface area contributed by atoms with Gasteiger partial charge in [0.2, 0.25) is 5.91 Å². The van der Waals surface area contributed by atoms with E-state index < -0.39 is 0 Å². The summed E-state index contributed by atoms with van der Waals surface area (Å²) in [5.74, 6) is 0.436. The molecule has 2 fully saturated rings. The van der Waals surface area contributed by atoms with Gasteiger partial charge in [-0.05, 0) is 59.0 Å². The van der Waals surface area contributed by atoms with E-state index in [9.17, 15) is 9.59 Å². The van der Waals surface area contributed by atoms with Gasteiger partial charge < -0.3 is 14.4 Å². The smallest absolute Gasteiger partial charge is 0.338 e. The van der Waals surface area contributed by atoms with Crippen molar-refractivity contribution >= 4 is 11.9 Å². The number of carbonyl (C=O) groups excluding carboxylic acids is 2. The average molecular weight is 502 g/mol. The van der Waals surface area contributed by atoms with Crippen LogP contribution in [-0.2, 0) is 27.3 Å². The molecule has 4 aliphatic rings. The normalized spacial score (nSPS) is 24.9. The molecule has 1 aliphatic carbocycles. The molecule has 2 saturated heterocycles. The first kappa shape index (κ1) is 22.5. The van der Waals surface area contributed by atoms with Crippen LogP contribution in [0.15, 0.2) is 30.6 Å². The fraction of sp³-hybridized carbons (Fsp3) is 0.462. The van der Waals surface area contributed by atoms with Crippen LogP contribution in [0.2, 0.25) is 0 Å². The van der Waals surface area contributed by atoms with Crippen LogP contribution >= 0.6 is 0 Å². The van der Waals surface area contributed by atoms with Gasteiger partial charge in [-0.25, -0.2) is 9.78 Å². The highest BCUT2D eigenvalue weighted by molar-refractivity contribution is 5.94. The van der Waals surface area contributed by atoms with E-state index >= 15 is 0 Å². The molecule has 11 nitrogen and oxygen atoms in total. The number of aryl methyl sites for hydroxylation is 1. The third-order valence-corrected chi connectivity index (χ3v) is 8.28. The van der Waals surface area contributed by atoms with E-state index in [4.69, 9.17) is 14.5 Å². The maximum absolute atomic E-state index is 13.6. The number of tetrazole rings is 1. The van der Waals surface area contributed by atoms with Gasteiger partial charge in [0, 0.05) is 37.4 Å². The second-order valence-electron chi connectivity index (χ2n) is 10.2. The Labute approximate surface area is 213 Å². The highest BCUT2D eigenvalue weighted by Gasteiger charge is 2.40. The van der Waals surface area contributed by atoms with Gasteiger partial charge in [0.1, 0.15) is 12.9 Å². The molecule has 0 N–H and O–H groups in total. The molecule has 5 heterocycles. The molecule has 0 bridgehead atoms. The van der Waals surface area contributed by atoms with E-state index in [1.165, 1.54) is 11.0 Å². The van der Waals surface area contributed by atoms with Crippen LogP contribution in [0.3, 0.4) is 0 Å². The van der Waals surface area contributed by atoms with Crippen molar-refractivity contribution in [3.05, 3.63) is 64.1 Å². The first-order chi connectivity index (χ1) is 18.1. The molecule has 1 unspecified atom stereocenters. The molecule has 0 spiro atoms. The SMILES string of the molecule is Cc1c([C@@H]2CN3CCN(C(=O)C4CCc5nc(-n6cnnn6)ccc54)C[C@H]3CO2)ccc2c1COC2=O. The maximum Gasteiger partial charge on any atom is 0.338 e. The Hall–Kier alpha value is -3.70. The van der Waals surface area contributed by atoms with Crippen LogP contribution in [0.25, 0.3) is 5.82 Å². The van der Waals surface area contributed by atoms with Gasteiger partial charge in [-0.2, -0.15) is 4.68 Å². The lowest BCUT2D eigenvalue weighted by Crippen LogP contribution is -2.60. The highest BCUT2D eigenvalue weighted by atomic mass is 16.5. The fourth-order valence-electron chi connectivity index (χ4n) is 6.21. The van der Waals surface area contributed by atoms with Crippen molar-refractivity contribution in [2.75, 3.05) is 32.8 Å². The Morgan fingerprint density at radius 2 is 2.00 bits per heavy atom. The van der Waals surface area contributed by atoms with Gasteiger partial charge in [0.05, 0.1) is 30.2 Å². The Balaban J connectivity index is 1.02. The Morgan fingerprint density at radius 3 is 2.86 bits per heavy atom. The number of benzene rings is 1. The minimum Gasteiger partial charge on any atom is -0.457 e. The third-order valence-electron chi connectivity index (χ3n) is 8.28. The van der Waals surface area contributed by atoms with Crippen LogP contribution in [-0.4, -0.2) is 85.7 Å². The van der Waals surface area contributed by atoms with Gasteiger partial charge in [-0.3, -0.25) is 9.69 Å². The first-order valence-electron chi connectivity index (χ1n) is 12.7. The molecule has 2 aromatic heterocycles. The molecule has 3 atom stereocenters. The fourth-order valence-corrected chi connectivity index (χ4v) is 6.21. The molecule has 0 radical (unpaired) electrons. The molecule has 0 saturated carbocycles. The van der Waals surface area contributed by atoms with Crippen LogP contribution in [0.5, 0.6) is 0 Å². The van der Waals surface area contributed by atoms with Crippen molar-refractivity contribution in [2.45, 2.75) is 44.4 Å².